The Morgan fingerprint density at radius 2 is 1.88 bits per heavy atom. The lowest BCUT2D eigenvalue weighted by molar-refractivity contribution is -0.121. The number of hydrogen-bond donors (Lipinski definition) is 0. The summed E-state index contributed by atoms with van der Waals surface area (Å²) in [4.78, 5) is 23.5. The first-order valence-electron chi connectivity index (χ1n) is 8.05. The van der Waals surface area contributed by atoms with Crippen molar-refractivity contribution in [2.45, 2.75) is 18.8 Å². The van der Waals surface area contributed by atoms with E-state index in [1.54, 1.807) is 12.4 Å². The van der Waals surface area contributed by atoms with Crippen LogP contribution >= 0.6 is 11.3 Å². The first-order chi connectivity index (χ1) is 11.8. The second-order valence-electron chi connectivity index (χ2n) is 5.85. The molecule has 1 aliphatic heterocycles. The molecule has 4 rings (SSSR count). The lowest BCUT2D eigenvalue weighted by Crippen LogP contribution is -2.40. The highest BCUT2D eigenvalue weighted by atomic mass is 32.1. The molecule has 0 aliphatic carbocycles. The van der Waals surface area contributed by atoms with Crippen molar-refractivity contribution in [3.05, 3.63) is 65.8 Å². The van der Waals surface area contributed by atoms with Crippen molar-refractivity contribution in [3.8, 4) is 11.3 Å². The number of carbonyl (C=O) groups excluding carboxylic acids is 1. The van der Waals surface area contributed by atoms with E-state index >= 15 is 0 Å². The number of nitrogens with zero attached hydrogens (tertiary/aromatic N) is 3. The zero-order chi connectivity index (χ0) is 16.4. The molecule has 1 fully saturated rings. The predicted octanol–water partition coefficient (Wildman–Crippen LogP) is 4.12. The molecule has 1 amide bonds. The summed E-state index contributed by atoms with van der Waals surface area (Å²) < 4.78 is 0. The van der Waals surface area contributed by atoms with Gasteiger partial charge in [-0.25, -0.2) is 4.98 Å². The summed E-state index contributed by atoms with van der Waals surface area (Å²) in [5.74, 6) is 0.0938. The molecule has 0 spiro atoms. The number of benzene rings is 1. The van der Waals surface area contributed by atoms with Crippen molar-refractivity contribution in [2.75, 3.05) is 11.4 Å². The molecule has 4 nitrogen and oxygen atoms in total. The van der Waals surface area contributed by atoms with Gasteiger partial charge in [0, 0.05) is 29.9 Å². The maximum atomic E-state index is 13.0. The molecule has 2 aromatic heterocycles. The van der Waals surface area contributed by atoms with Crippen molar-refractivity contribution in [1.82, 2.24) is 9.97 Å². The summed E-state index contributed by atoms with van der Waals surface area (Å²) >= 11 is 1.53. The topological polar surface area (TPSA) is 46.1 Å². The molecule has 1 unspecified atom stereocenters. The smallest absolute Gasteiger partial charge is 0.236 e. The van der Waals surface area contributed by atoms with Crippen molar-refractivity contribution >= 4 is 22.4 Å². The fourth-order valence-corrected chi connectivity index (χ4v) is 3.97. The highest BCUT2D eigenvalue weighted by molar-refractivity contribution is 7.14. The SMILES string of the molecule is O=C1C(c2ccccc2)CCCN1c1nc(-c2ccncc2)cs1. The van der Waals surface area contributed by atoms with E-state index in [4.69, 9.17) is 0 Å². The summed E-state index contributed by atoms with van der Waals surface area (Å²) in [5, 5.41) is 2.79. The third kappa shape index (κ3) is 2.83. The molecule has 1 atom stereocenters. The summed E-state index contributed by atoms with van der Waals surface area (Å²) in [6, 6.07) is 13.9. The minimum absolute atomic E-state index is 0.0618. The Bertz CT molecular complexity index is 832. The van der Waals surface area contributed by atoms with Crippen molar-refractivity contribution in [2.24, 2.45) is 0 Å². The molecule has 5 heteroatoms. The van der Waals surface area contributed by atoms with Gasteiger partial charge in [0.05, 0.1) is 11.6 Å². The Hall–Kier alpha value is -2.53. The highest BCUT2D eigenvalue weighted by Crippen LogP contribution is 2.34. The Kier molecular flexibility index (Phi) is 4.09. The number of thiazole rings is 1. The average Bonchev–Trinajstić information content (AvgIpc) is 3.13. The molecule has 0 radical (unpaired) electrons. The van der Waals surface area contributed by atoms with Crippen molar-refractivity contribution in [1.29, 1.82) is 0 Å². The van der Waals surface area contributed by atoms with Crippen LogP contribution in [0.3, 0.4) is 0 Å². The van der Waals surface area contributed by atoms with E-state index < -0.39 is 0 Å². The predicted molar refractivity (Wildman–Crippen MR) is 96.1 cm³/mol. The standard InChI is InChI=1S/C19H17N3OS/c23-18-16(14-5-2-1-3-6-14)7-4-12-22(18)19-21-17(13-24-19)15-8-10-20-11-9-15/h1-3,5-6,8-11,13,16H,4,7,12H2. The Morgan fingerprint density at radius 1 is 1.08 bits per heavy atom. The maximum Gasteiger partial charge on any atom is 0.236 e. The Balaban J connectivity index is 1.60. The van der Waals surface area contributed by atoms with Crippen LogP contribution in [0.25, 0.3) is 11.3 Å². The van der Waals surface area contributed by atoms with Crippen molar-refractivity contribution < 1.29 is 4.79 Å². The van der Waals surface area contributed by atoms with Crippen LogP contribution in [-0.2, 0) is 4.79 Å². The third-order valence-electron chi connectivity index (χ3n) is 4.34. The Labute approximate surface area is 144 Å². The van der Waals surface area contributed by atoms with Gasteiger partial charge < -0.3 is 0 Å². The number of aromatic nitrogens is 2. The molecule has 120 valence electrons. The molecule has 1 aliphatic rings. The van der Waals surface area contributed by atoms with Gasteiger partial charge in [-0.2, -0.15) is 0 Å². The normalized spacial score (nSPS) is 17.9. The molecule has 24 heavy (non-hydrogen) atoms. The van der Waals surface area contributed by atoms with E-state index in [9.17, 15) is 4.79 Å². The fourth-order valence-electron chi connectivity index (χ4n) is 3.10. The monoisotopic (exact) mass is 335 g/mol. The van der Waals surface area contributed by atoms with E-state index in [-0.39, 0.29) is 11.8 Å². The lowest BCUT2D eigenvalue weighted by atomic mass is 9.90. The molecule has 3 heterocycles. The van der Waals surface area contributed by atoms with Gasteiger partial charge in [0.15, 0.2) is 5.13 Å². The van der Waals surface area contributed by atoms with Crippen LogP contribution in [0.5, 0.6) is 0 Å². The average molecular weight is 335 g/mol. The zero-order valence-electron chi connectivity index (χ0n) is 13.1. The van der Waals surface area contributed by atoms with E-state index in [1.165, 1.54) is 11.3 Å². The number of piperidine rings is 1. The maximum absolute atomic E-state index is 13.0. The van der Waals surface area contributed by atoms with Gasteiger partial charge in [0.25, 0.3) is 0 Å². The van der Waals surface area contributed by atoms with Crippen LogP contribution in [0.1, 0.15) is 24.3 Å². The summed E-state index contributed by atoms with van der Waals surface area (Å²) in [7, 11) is 0. The van der Waals surface area contributed by atoms with Crippen LogP contribution in [0, 0.1) is 0 Å². The van der Waals surface area contributed by atoms with Crippen LogP contribution in [0.4, 0.5) is 5.13 Å². The fraction of sp³-hybridized carbons (Fsp3) is 0.211. The lowest BCUT2D eigenvalue weighted by Gasteiger charge is -2.30. The largest absolute Gasteiger partial charge is 0.288 e. The first-order valence-corrected chi connectivity index (χ1v) is 8.93. The van der Waals surface area contributed by atoms with Gasteiger partial charge >= 0.3 is 0 Å². The number of hydrogen-bond acceptors (Lipinski definition) is 4. The quantitative estimate of drug-likeness (QED) is 0.723. The van der Waals surface area contributed by atoms with Crippen LogP contribution in [-0.4, -0.2) is 22.4 Å². The van der Waals surface area contributed by atoms with E-state index in [0.717, 1.165) is 41.3 Å². The minimum atomic E-state index is -0.0618. The van der Waals surface area contributed by atoms with Gasteiger partial charge in [-0.15, -0.1) is 11.3 Å². The van der Waals surface area contributed by atoms with Gasteiger partial charge in [-0.05, 0) is 30.5 Å². The van der Waals surface area contributed by atoms with Crippen LogP contribution < -0.4 is 4.90 Å². The second-order valence-corrected chi connectivity index (χ2v) is 6.68. The zero-order valence-corrected chi connectivity index (χ0v) is 13.9. The van der Waals surface area contributed by atoms with E-state index in [2.05, 4.69) is 9.97 Å². The number of anilines is 1. The van der Waals surface area contributed by atoms with Crippen molar-refractivity contribution in [3.63, 3.8) is 0 Å². The molecule has 0 bridgehead atoms. The molecule has 0 N–H and O–H groups in total. The highest BCUT2D eigenvalue weighted by Gasteiger charge is 2.32. The van der Waals surface area contributed by atoms with E-state index in [1.807, 2.05) is 52.7 Å². The minimum Gasteiger partial charge on any atom is -0.288 e. The Morgan fingerprint density at radius 3 is 2.67 bits per heavy atom. The van der Waals surface area contributed by atoms with Gasteiger partial charge in [-0.1, -0.05) is 30.3 Å². The number of carbonyl (C=O) groups is 1. The molecular formula is C19H17N3OS. The summed E-state index contributed by atoms with van der Waals surface area (Å²) in [6.07, 6.45) is 5.41. The van der Waals surface area contributed by atoms with Crippen LogP contribution in [0.2, 0.25) is 0 Å². The molecule has 1 saturated heterocycles. The molecular weight excluding hydrogens is 318 g/mol. The summed E-state index contributed by atoms with van der Waals surface area (Å²) in [5.41, 5.74) is 3.02. The molecule has 1 aromatic carbocycles. The number of rotatable bonds is 3. The molecule has 3 aromatic rings. The van der Waals surface area contributed by atoms with Crippen LogP contribution in [0.15, 0.2) is 60.2 Å². The van der Waals surface area contributed by atoms with Gasteiger partial charge in [-0.3, -0.25) is 14.7 Å². The van der Waals surface area contributed by atoms with Gasteiger partial charge in [0.2, 0.25) is 5.91 Å². The van der Waals surface area contributed by atoms with E-state index in [0.29, 0.717) is 0 Å². The first kappa shape index (κ1) is 15.0. The number of pyridine rings is 1. The summed E-state index contributed by atoms with van der Waals surface area (Å²) in [6.45, 7) is 0.742. The second kappa shape index (κ2) is 6.53. The van der Waals surface area contributed by atoms with Gasteiger partial charge in [0.1, 0.15) is 0 Å². The molecule has 0 saturated carbocycles. The third-order valence-corrected chi connectivity index (χ3v) is 5.20. The number of amides is 1.